The van der Waals surface area contributed by atoms with E-state index in [9.17, 15) is 0 Å². The maximum absolute atomic E-state index is 6.59. The van der Waals surface area contributed by atoms with Crippen molar-refractivity contribution in [2.24, 2.45) is 0 Å². The Morgan fingerprint density at radius 1 is 0.600 bits per heavy atom. The summed E-state index contributed by atoms with van der Waals surface area (Å²) in [4.78, 5) is 4.44. The van der Waals surface area contributed by atoms with E-state index in [1.807, 2.05) is 24.4 Å². The highest BCUT2D eigenvalue weighted by atomic mass is 16.4. The van der Waals surface area contributed by atoms with Gasteiger partial charge in [-0.05, 0) is 44.6 Å². The Balaban J connectivity index is 1.58. The molecule has 0 unspecified atom stereocenters. The summed E-state index contributed by atoms with van der Waals surface area (Å²) in [6.07, 6.45) is 2.62. The zero-order valence-corrected chi connectivity index (χ0v) is 16.7. The Morgan fingerprint density at radius 3 is 1.77 bits per heavy atom. The summed E-state index contributed by atoms with van der Waals surface area (Å²) in [6.45, 7) is 0.458. The van der Waals surface area contributed by atoms with Crippen LogP contribution >= 0.6 is 0 Å². The number of aromatic nitrogens is 1. The van der Waals surface area contributed by atoms with Crippen LogP contribution in [0.2, 0.25) is 0 Å². The van der Waals surface area contributed by atoms with Crippen molar-refractivity contribution in [2.75, 3.05) is 6.61 Å². The Bertz CT molecular complexity index is 1200. The maximum Gasteiger partial charge on any atom is 0.362 e. The summed E-state index contributed by atoms with van der Waals surface area (Å²) < 4.78 is 6.59. The molecule has 0 atom stereocenters. The zero-order chi connectivity index (χ0) is 20.2. The molecule has 0 N–H and O–H groups in total. The molecular formula is C27H22BNO. The van der Waals surface area contributed by atoms with Gasteiger partial charge in [-0.3, -0.25) is 4.98 Å². The number of pyridine rings is 1. The lowest BCUT2D eigenvalue weighted by molar-refractivity contribution is 0.336. The second-order valence-electron chi connectivity index (χ2n) is 7.46. The third kappa shape index (κ3) is 3.72. The number of fused-ring (bicyclic) bond motifs is 2. The summed E-state index contributed by atoms with van der Waals surface area (Å²) in [6, 6.07) is 36.0. The van der Waals surface area contributed by atoms with Crippen molar-refractivity contribution in [3.8, 4) is 0 Å². The molecule has 2 nitrogen and oxygen atoms in total. The van der Waals surface area contributed by atoms with Crippen molar-refractivity contribution in [3.63, 3.8) is 0 Å². The van der Waals surface area contributed by atoms with Crippen LogP contribution in [0.4, 0.5) is 0 Å². The van der Waals surface area contributed by atoms with Gasteiger partial charge in [0.1, 0.15) is 0 Å². The van der Waals surface area contributed by atoms with E-state index >= 15 is 0 Å². The van der Waals surface area contributed by atoms with Gasteiger partial charge in [0.05, 0.1) is 0 Å². The third-order valence-corrected chi connectivity index (χ3v) is 5.58. The minimum Gasteiger partial charge on any atom is -0.426 e. The lowest BCUT2D eigenvalue weighted by atomic mass is 9.53. The fraction of sp³-hybridized carbons (Fsp3) is 0.0741. The van der Waals surface area contributed by atoms with Gasteiger partial charge in [0, 0.05) is 24.9 Å². The number of benzene rings is 4. The standard InChI is InChI=1S/C27H22BNO/c1-3-14-24-21(9-1)11-7-16-26(24)28(30-20-18-23-13-5-6-19-29-23)27-17-8-12-22-10-2-4-15-25(22)27/h1-17,19H,18,20H2. The molecule has 1 heterocycles. The second-order valence-corrected chi connectivity index (χ2v) is 7.46. The van der Waals surface area contributed by atoms with Gasteiger partial charge in [-0.1, -0.05) is 91.0 Å². The second kappa shape index (κ2) is 8.52. The molecule has 4 aromatic carbocycles. The fourth-order valence-electron chi connectivity index (χ4n) is 4.13. The molecule has 0 aliphatic heterocycles. The summed E-state index contributed by atoms with van der Waals surface area (Å²) >= 11 is 0. The van der Waals surface area contributed by atoms with Crippen molar-refractivity contribution in [1.82, 2.24) is 4.98 Å². The number of rotatable bonds is 6. The first kappa shape index (κ1) is 18.6. The molecule has 5 aromatic rings. The van der Waals surface area contributed by atoms with E-state index in [-0.39, 0.29) is 6.92 Å². The van der Waals surface area contributed by atoms with Crippen LogP contribution in [0.15, 0.2) is 109 Å². The van der Waals surface area contributed by atoms with Gasteiger partial charge in [-0.15, -0.1) is 0 Å². The van der Waals surface area contributed by atoms with Gasteiger partial charge in [0.2, 0.25) is 0 Å². The average molecular weight is 387 g/mol. The predicted octanol–water partition coefficient (Wildman–Crippen LogP) is 4.75. The molecule has 3 heteroatoms. The molecule has 0 saturated heterocycles. The molecule has 0 aliphatic rings. The highest BCUT2D eigenvalue weighted by Crippen LogP contribution is 2.16. The Morgan fingerprint density at radius 2 is 1.17 bits per heavy atom. The Kier molecular flexibility index (Phi) is 5.28. The van der Waals surface area contributed by atoms with E-state index in [1.54, 1.807) is 0 Å². The van der Waals surface area contributed by atoms with Gasteiger partial charge in [-0.25, -0.2) is 0 Å². The van der Waals surface area contributed by atoms with Crippen LogP contribution in [0.25, 0.3) is 21.5 Å². The summed E-state index contributed by atoms with van der Waals surface area (Å²) in [5, 5.41) is 4.92. The van der Waals surface area contributed by atoms with Crippen LogP contribution in [0.3, 0.4) is 0 Å². The lowest BCUT2D eigenvalue weighted by Crippen LogP contribution is -2.46. The lowest BCUT2D eigenvalue weighted by Gasteiger charge is -2.19. The molecule has 0 amide bonds. The van der Waals surface area contributed by atoms with Crippen molar-refractivity contribution in [1.29, 1.82) is 0 Å². The Labute approximate surface area is 177 Å². The number of hydrogen-bond acceptors (Lipinski definition) is 2. The fourth-order valence-corrected chi connectivity index (χ4v) is 4.13. The minimum atomic E-state index is -0.147. The van der Waals surface area contributed by atoms with Crippen molar-refractivity contribution in [3.05, 3.63) is 115 Å². The van der Waals surface area contributed by atoms with Gasteiger partial charge in [-0.2, -0.15) is 0 Å². The van der Waals surface area contributed by atoms with Crippen LogP contribution in [-0.4, -0.2) is 18.5 Å². The van der Waals surface area contributed by atoms with Crippen LogP contribution in [0.1, 0.15) is 5.69 Å². The molecule has 0 saturated carbocycles. The molecule has 0 aliphatic carbocycles. The SMILES string of the molecule is c1ccc(CCOB(c2cccc3ccccc23)c2cccc3ccccc23)nc1. The average Bonchev–Trinajstić information content (AvgIpc) is 2.82. The maximum atomic E-state index is 6.59. The van der Waals surface area contributed by atoms with Crippen LogP contribution in [-0.2, 0) is 11.1 Å². The predicted molar refractivity (Wildman–Crippen MR) is 127 cm³/mol. The highest BCUT2D eigenvalue weighted by Gasteiger charge is 2.25. The number of hydrogen-bond donors (Lipinski definition) is 0. The van der Waals surface area contributed by atoms with Crippen molar-refractivity contribution in [2.45, 2.75) is 6.42 Å². The molecule has 144 valence electrons. The van der Waals surface area contributed by atoms with Gasteiger partial charge >= 0.3 is 6.92 Å². The first-order valence-electron chi connectivity index (χ1n) is 10.4. The van der Waals surface area contributed by atoms with Gasteiger partial charge in [0.25, 0.3) is 0 Å². The molecule has 0 fully saturated rings. The van der Waals surface area contributed by atoms with Gasteiger partial charge in [0.15, 0.2) is 0 Å². The molecule has 0 bridgehead atoms. The smallest absolute Gasteiger partial charge is 0.362 e. The highest BCUT2D eigenvalue weighted by molar-refractivity contribution is 6.83. The van der Waals surface area contributed by atoms with E-state index < -0.39 is 0 Å². The number of nitrogens with zero attached hydrogens (tertiary/aromatic N) is 1. The third-order valence-electron chi connectivity index (χ3n) is 5.58. The summed E-state index contributed by atoms with van der Waals surface area (Å²) in [5.41, 5.74) is 3.45. The Hall–Kier alpha value is -3.43. The first-order chi connectivity index (χ1) is 14.9. The van der Waals surface area contributed by atoms with E-state index in [0.717, 1.165) is 12.1 Å². The topological polar surface area (TPSA) is 22.1 Å². The summed E-state index contributed by atoms with van der Waals surface area (Å²) in [5.74, 6) is 0. The van der Waals surface area contributed by atoms with E-state index in [2.05, 4.69) is 89.9 Å². The van der Waals surface area contributed by atoms with E-state index in [0.29, 0.717) is 6.61 Å². The normalized spacial score (nSPS) is 11.1. The van der Waals surface area contributed by atoms with Crippen LogP contribution in [0, 0.1) is 0 Å². The molecule has 0 radical (unpaired) electrons. The van der Waals surface area contributed by atoms with E-state index in [1.165, 1.54) is 32.5 Å². The molecular weight excluding hydrogens is 365 g/mol. The first-order valence-corrected chi connectivity index (χ1v) is 10.4. The molecule has 0 spiro atoms. The summed E-state index contributed by atoms with van der Waals surface area (Å²) in [7, 11) is 0. The molecule has 1 aromatic heterocycles. The zero-order valence-electron chi connectivity index (χ0n) is 16.7. The molecule has 5 rings (SSSR count). The minimum absolute atomic E-state index is 0.147. The van der Waals surface area contributed by atoms with Gasteiger partial charge < -0.3 is 4.65 Å². The quantitative estimate of drug-likeness (QED) is 0.392. The van der Waals surface area contributed by atoms with Crippen LogP contribution in [0.5, 0.6) is 0 Å². The van der Waals surface area contributed by atoms with E-state index in [4.69, 9.17) is 4.65 Å². The monoisotopic (exact) mass is 387 g/mol. The largest absolute Gasteiger partial charge is 0.426 e. The van der Waals surface area contributed by atoms with Crippen LogP contribution < -0.4 is 10.9 Å². The van der Waals surface area contributed by atoms with Crippen molar-refractivity contribution >= 4 is 39.4 Å². The van der Waals surface area contributed by atoms with Crippen molar-refractivity contribution < 1.29 is 4.65 Å². The molecule has 30 heavy (non-hydrogen) atoms.